The molecule has 0 bridgehead atoms. The summed E-state index contributed by atoms with van der Waals surface area (Å²) < 4.78 is 7.04. The van der Waals surface area contributed by atoms with Crippen LogP contribution in [0.15, 0.2) is 95.2 Å². The smallest absolute Gasteiger partial charge is 0.186 e. The molecule has 7 heteroatoms. The second-order valence-corrected chi connectivity index (χ2v) is 8.60. The van der Waals surface area contributed by atoms with Crippen LogP contribution >= 0.6 is 0 Å². The van der Waals surface area contributed by atoms with Gasteiger partial charge in [-0.2, -0.15) is 5.11 Å². The predicted molar refractivity (Wildman–Crippen MR) is 143 cm³/mol. The molecule has 7 nitrogen and oxygen atoms in total. The van der Waals surface area contributed by atoms with Crippen LogP contribution in [0.2, 0.25) is 0 Å². The maximum absolute atomic E-state index is 6.37. The van der Waals surface area contributed by atoms with Gasteiger partial charge in [0.15, 0.2) is 17.2 Å². The number of rotatable bonds is 5. The molecule has 0 unspecified atom stereocenters. The Morgan fingerprint density at radius 3 is 2.33 bits per heavy atom. The van der Waals surface area contributed by atoms with E-state index in [1.54, 1.807) is 7.11 Å². The molecule has 0 radical (unpaired) electrons. The van der Waals surface area contributed by atoms with Crippen LogP contribution in [0.1, 0.15) is 23.2 Å². The van der Waals surface area contributed by atoms with Gasteiger partial charge in [-0.15, -0.1) is 10.2 Å². The number of hydrogen-bond donors (Lipinski definition) is 1. The van der Waals surface area contributed by atoms with E-state index in [-0.39, 0.29) is 5.82 Å². The highest BCUT2D eigenvalue weighted by molar-refractivity contribution is 5.89. The first-order chi connectivity index (χ1) is 17.7. The summed E-state index contributed by atoms with van der Waals surface area (Å²) in [6.45, 7) is 0. The average molecular weight is 473 g/mol. The van der Waals surface area contributed by atoms with Crippen molar-refractivity contribution in [1.29, 1.82) is 0 Å². The van der Waals surface area contributed by atoms with E-state index < -0.39 is 0 Å². The summed E-state index contributed by atoms with van der Waals surface area (Å²) in [5.41, 5.74) is 14.6. The number of ether oxygens (including phenoxy) is 1. The lowest BCUT2D eigenvalue weighted by atomic mass is 10.0. The molecule has 176 valence electrons. The Balaban J connectivity index is 1.54. The summed E-state index contributed by atoms with van der Waals surface area (Å²) in [6, 6.07) is 27.9. The van der Waals surface area contributed by atoms with Crippen LogP contribution in [0.3, 0.4) is 0 Å². The molecule has 36 heavy (non-hydrogen) atoms. The summed E-state index contributed by atoms with van der Waals surface area (Å²) in [7, 11) is 1.63. The molecule has 0 aliphatic heterocycles. The van der Waals surface area contributed by atoms with E-state index in [2.05, 4.69) is 45.7 Å². The Bertz CT molecular complexity index is 1600. The van der Waals surface area contributed by atoms with Crippen molar-refractivity contribution >= 4 is 34.5 Å². The normalized spacial score (nSPS) is 14.1. The van der Waals surface area contributed by atoms with Crippen molar-refractivity contribution in [3.05, 3.63) is 102 Å². The maximum Gasteiger partial charge on any atom is 0.186 e. The van der Waals surface area contributed by atoms with E-state index in [1.807, 2.05) is 65.2 Å². The molecule has 0 spiro atoms. The Labute approximate surface area is 208 Å². The fourth-order valence-electron chi connectivity index (χ4n) is 4.60. The second-order valence-electron chi connectivity index (χ2n) is 8.60. The molecule has 0 saturated carbocycles. The van der Waals surface area contributed by atoms with Crippen LogP contribution in [0, 0.1) is 0 Å². The van der Waals surface area contributed by atoms with E-state index in [9.17, 15) is 0 Å². The molecule has 2 heterocycles. The standard InChI is InChI=1S/C29H24N6O/c1-36-23-15-13-22(14-16-23)32-33-26-28(30)34-35-27(20-10-6-3-7-11-20)24-17-12-21(25(24)31-29(26)35)18-19-8-4-2-5-9-19/h2-11,13-16,18H,12,17H2,1H3,(H2,30,34)/b21-18+,33-32?. The van der Waals surface area contributed by atoms with Crippen molar-refractivity contribution in [2.75, 3.05) is 12.8 Å². The Kier molecular flexibility index (Phi) is 5.50. The van der Waals surface area contributed by atoms with Crippen LogP contribution in [0.4, 0.5) is 17.2 Å². The number of fused-ring (bicyclic) bond motifs is 2. The van der Waals surface area contributed by atoms with Gasteiger partial charge in [0.1, 0.15) is 5.75 Å². The summed E-state index contributed by atoms with van der Waals surface area (Å²) in [5.74, 6) is 1.04. The molecule has 1 aliphatic rings. The largest absolute Gasteiger partial charge is 0.497 e. The number of azo groups is 1. The minimum Gasteiger partial charge on any atom is -0.497 e. The number of benzene rings is 3. The highest BCUT2D eigenvalue weighted by atomic mass is 16.5. The zero-order valence-corrected chi connectivity index (χ0v) is 19.8. The van der Waals surface area contributed by atoms with Gasteiger partial charge in [0, 0.05) is 11.1 Å². The van der Waals surface area contributed by atoms with Gasteiger partial charge < -0.3 is 10.5 Å². The van der Waals surface area contributed by atoms with E-state index in [4.69, 9.17) is 15.5 Å². The molecule has 2 aromatic heterocycles. The van der Waals surface area contributed by atoms with Gasteiger partial charge in [-0.1, -0.05) is 60.7 Å². The lowest BCUT2D eigenvalue weighted by Gasteiger charge is -2.11. The first-order valence-electron chi connectivity index (χ1n) is 11.8. The SMILES string of the molecule is COc1ccc(N=Nc2c(N)nn3c(-c4ccccc4)c4c(nc23)/C(=C/c2ccccc2)CC4)cc1. The molecule has 5 aromatic rings. The van der Waals surface area contributed by atoms with E-state index in [0.717, 1.165) is 46.7 Å². The third-order valence-corrected chi connectivity index (χ3v) is 6.34. The summed E-state index contributed by atoms with van der Waals surface area (Å²) in [5, 5.41) is 13.5. The predicted octanol–water partition coefficient (Wildman–Crippen LogP) is 6.89. The van der Waals surface area contributed by atoms with Gasteiger partial charge in [0.05, 0.1) is 24.2 Å². The Hall–Kier alpha value is -4.78. The van der Waals surface area contributed by atoms with Crippen molar-refractivity contribution in [1.82, 2.24) is 14.6 Å². The summed E-state index contributed by atoms with van der Waals surface area (Å²) >= 11 is 0. The number of nitrogens with two attached hydrogens (primary N) is 1. The third-order valence-electron chi connectivity index (χ3n) is 6.34. The van der Waals surface area contributed by atoms with Gasteiger partial charge in [0.2, 0.25) is 0 Å². The van der Waals surface area contributed by atoms with Crippen molar-refractivity contribution in [2.45, 2.75) is 12.8 Å². The van der Waals surface area contributed by atoms with Crippen LogP contribution in [0.5, 0.6) is 5.75 Å². The highest BCUT2D eigenvalue weighted by Crippen LogP contribution is 2.41. The molecular weight excluding hydrogens is 448 g/mol. The molecule has 0 fully saturated rings. The van der Waals surface area contributed by atoms with Crippen molar-refractivity contribution in [3.8, 4) is 17.0 Å². The van der Waals surface area contributed by atoms with Crippen LogP contribution in [0.25, 0.3) is 28.6 Å². The van der Waals surface area contributed by atoms with Gasteiger partial charge in [-0.3, -0.25) is 0 Å². The van der Waals surface area contributed by atoms with E-state index >= 15 is 0 Å². The molecule has 0 atom stereocenters. The molecule has 3 aromatic carbocycles. The topological polar surface area (TPSA) is 90.2 Å². The zero-order valence-electron chi connectivity index (χ0n) is 19.8. The quantitative estimate of drug-likeness (QED) is 0.282. The van der Waals surface area contributed by atoms with Gasteiger partial charge in [0.25, 0.3) is 0 Å². The molecule has 1 aliphatic carbocycles. The lowest BCUT2D eigenvalue weighted by Crippen LogP contribution is -2.03. The Morgan fingerprint density at radius 2 is 1.61 bits per heavy atom. The summed E-state index contributed by atoms with van der Waals surface area (Å²) in [4.78, 5) is 5.06. The third kappa shape index (κ3) is 3.90. The molecule has 0 saturated heterocycles. The molecule has 6 rings (SSSR count). The van der Waals surface area contributed by atoms with Crippen LogP contribution < -0.4 is 10.5 Å². The molecule has 2 N–H and O–H groups in total. The second kappa shape index (κ2) is 9.11. The number of anilines is 1. The van der Waals surface area contributed by atoms with Crippen LogP contribution in [-0.4, -0.2) is 21.7 Å². The molecular formula is C29H24N6O. The maximum atomic E-state index is 6.37. The summed E-state index contributed by atoms with van der Waals surface area (Å²) in [6.07, 6.45) is 3.99. The van der Waals surface area contributed by atoms with Crippen molar-refractivity contribution < 1.29 is 4.74 Å². The number of nitrogens with zero attached hydrogens (tertiary/aromatic N) is 5. The van der Waals surface area contributed by atoms with Gasteiger partial charge in [-0.05, 0) is 54.3 Å². The van der Waals surface area contributed by atoms with Crippen LogP contribution in [-0.2, 0) is 6.42 Å². The average Bonchev–Trinajstić information content (AvgIpc) is 3.46. The monoisotopic (exact) mass is 472 g/mol. The van der Waals surface area contributed by atoms with Crippen molar-refractivity contribution in [3.63, 3.8) is 0 Å². The van der Waals surface area contributed by atoms with Gasteiger partial charge >= 0.3 is 0 Å². The minimum atomic E-state index is 0.286. The molecule has 0 amide bonds. The first-order valence-corrected chi connectivity index (χ1v) is 11.8. The number of allylic oxidation sites excluding steroid dienone is 1. The first kappa shape index (κ1) is 21.7. The van der Waals surface area contributed by atoms with E-state index in [1.165, 1.54) is 5.57 Å². The zero-order chi connectivity index (χ0) is 24.5. The number of hydrogen-bond acceptors (Lipinski definition) is 6. The fraction of sp³-hybridized carbons (Fsp3) is 0.103. The van der Waals surface area contributed by atoms with Gasteiger partial charge in [-0.25, -0.2) is 9.50 Å². The fourth-order valence-corrected chi connectivity index (χ4v) is 4.60. The minimum absolute atomic E-state index is 0.286. The number of aromatic nitrogens is 3. The van der Waals surface area contributed by atoms with Crippen molar-refractivity contribution in [2.24, 2.45) is 10.2 Å². The number of methoxy groups -OCH3 is 1. The van der Waals surface area contributed by atoms with E-state index in [0.29, 0.717) is 17.0 Å². The number of nitrogen functional groups attached to an aromatic ring is 1. The Morgan fingerprint density at radius 1 is 0.889 bits per heavy atom. The highest BCUT2D eigenvalue weighted by Gasteiger charge is 2.27. The lowest BCUT2D eigenvalue weighted by molar-refractivity contribution is 0.415.